The van der Waals surface area contributed by atoms with E-state index >= 15 is 0 Å². The van der Waals surface area contributed by atoms with Gasteiger partial charge in [0.15, 0.2) is 5.82 Å². The summed E-state index contributed by atoms with van der Waals surface area (Å²) in [6, 6.07) is 13.3. The third-order valence-electron chi connectivity index (χ3n) is 6.58. The molecule has 29 heavy (non-hydrogen) atoms. The van der Waals surface area contributed by atoms with Gasteiger partial charge in [-0.25, -0.2) is 0 Å². The number of nitrogens with one attached hydrogen (secondary N) is 1. The number of aromatic amines is 1. The van der Waals surface area contributed by atoms with E-state index in [1.807, 2.05) is 0 Å². The molecule has 0 spiro atoms. The van der Waals surface area contributed by atoms with Gasteiger partial charge in [-0.2, -0.15) is 5.21 Å². The largest absolute Gasteiger partial charge is 0.178 e. The number of rotatable bonds is 4. The van der Waals surface area contributed by atoms with E-state index in [1.165, 1.54) is 35.1 Å². The van der Waals surface area contributed by atoms with Crippen molar-refractivity contribution in [1.29, 1.82) is 0 Å². The minimum atomic E-state index is 0.196. The summed E-state index contributed by atoms with van der Waals surface area (Å²) in [6.45, 7) is 16.2. The Morgan fingerprint density at radius 2 is 1.62 bits per heavy atom. The molecular formula is C25H30N4. The fourth-order valence-electron chi connectivity index (χ4n) is 4.47. The van der Waals surface area contributed by atoms with E-state index in [1.54, 1.807) is 0 Å². The van der Waals surface area contributed by atoms with Crippen molar-refractivity contribution in [2.45, 2.75) is 64.7 Å². The zero-order valence-electron chi connectivity index (χ0n) is 18.1. The molecule has 1 N–H and O–H groups in total. The molecule has 0 atom stereocenters. The molecule has 3 aromatic rings. The van der Waals surface area contributed by atoms with Gasteiger partial charge in [-0.3, -0.25) is 0 Å². The minimum absolute atomic E-state index is 0.196. The number of hydrogen-bond acceptors (Lipinski definition) is 3. The lowest BCUT2D eigenvalue weighted by molar-refractivity contribution is 0.331. The topological polar surface area (TPSA) is 54.5 Å². The predicted molar refractivity (Wildman–Crippen MR) is 118 cm³/mol. The molecule has 150 valence electrons. The van der Waals surface area contributed by atoms with Crippen molar-refractivity contribution in [3.63, 3.8) is 0 Å². The second-order valence-electron chi connectivity index (χ2n) is 9.66. The van der Waals surface area contributed by atoms with Gasteiger partial charge in [-0.05, 0) is 69.5 Å². The standard InChI is InChI=1S/C25H30N4/c1-16-13-21-22(25(5,6)12-11-24(21,3)4)15-20(16)17(2)19-9-7-18(8-10-19)14-23-26-28-29-27-23/h7-10,13,15H,2,11-12,14H2,1,3-6H3,(H,26,27,28,29). The summed E-state index contributed by atoms with van der Waals surface area (Å²) in [5.74, 6) is 0.701. The van der Waals surface area contributed by atoms with E-state index in [-0.39, 0.29) is 10.8 Å². The second-order valence-corrected chi connectivity index (χ2v) is 9.66. The molecule has 1 heterocycles. The van der Waals surface area contributed by atoms with Crippen LogP contribution >= 0.6 is 0 Å². The van der Waals surface area contributed by atoms with Crippen molar-refractivity contribution in [3.8, 4) is 0 Å². The molecule has 4 nitrogen and oxygen atoms in total. The summed E-state index contributed by atoms with van der Waals surface area (Å²) < 4.78 is 0. The van der Waals surface area contributed by atoms with Gasteiger partial charge in [-0.15, -0.1) is 10.2 Å². The van der Waals surface area contributed by atoms with Crippen LogP contribution in [0.5, 0.6) is 0 Å². The number of nitrogens with zero attached hydrogens (tertiary/aromatic N) is 3. The first-order valence-corrected chi connectivity index (χ1v) is 10.3. The molecule has 0 saturated carbocycles. The highest BCUT2D eigenvalue weighted by atomic mass is 15.5. The Morgan fingerprint density at radius 1 is 1.00 bits per heavy atom. The van der Waals surface area contributed by atoms with Gasteiger partial charge >= 0.3 is 0 Å². The molecule has 0 aliphatic heterocycles. The van der Waals surface area contributed by atoms with E-state index in [0.29, 0.717) is 12.2 Å². The van der Waals surface area contributed by atoms with Crippen LogP contribution in [0.15, 0.2) is 43.0 Å². The van der Waals surface area contributed by atoms with Crippen molar-refractivity contribution in [2.24, 2.45) is 0 Å². The number of hydrogen-bond donors (Lipinski definition) is 1. The van der Waals surface area contributed by atoms with Crippen LogP contribution in [0.25, 0.3) is 5.57 Å². The maximum Gasteiger partial charge on any atom is 0.178 e. The fraction of sp³-hybridized carbons (Fsp3) is 0.400. The lowest BCUT2D eigenvalue weighted by Gasteiger charge is -2.42. The average Bonchev–Trinajstić information content (AvgIpc) is 3.18. The first-order valence-electron chi connectivity index (χ1n) is 10.3. The molecule has 0 fully saturated rings. The zero-order valence-corrected chi connectivity index (χ0v) is 18.1. The van der Waals surface area contributed by atoms with Crippen molar-refractivity contribution in [3.05, 3.63) is 82.2 Å². The number of benzene rings is 2. The van der Waals surface area contributed by atoms with E-state index < -0.39 is 0 Å². The first kappa shape index (κ1) is 19.6. The Hall–Kier alpha value is -2.75. The number of fused-ring (bicyclic) bond motifs is 1. The Balaban J connectivity index is 1.67. The van der Waals surface area contributed by atoms with E-state index in [0.717, 1.165) is 16.7 Å². The Bertz CT molecular complexity index is 1040. The zero-order chi connectivity index (χ0) is 20.8. The van der Waals surface area contributed by atoms with Gasteiger partial charge < -0.3 is 0 Å². The van der Waals surface area contributed by atoms with E-state index in [4.69, 9.17) is 0 Å². The maximum atomic E-state index is 4.45. The smallest absolute Gasteiger partial charge is 0.177 e. The van der Waals surface area contributed by atoms with Crippen LogP contribution in [0.2, 0.25) is 0 Å². The van der Waals surface area contributed by atoms with Gasteiger partial charge in [0.25, 0.3) is 0 Å². The normalized spacial score (nSPS) is 17.0. The lowest BCUT2D eigenvalue weighted by Crippen LogP contribution is -2.34. The van der Waals surface area contributed by atoms with Gasteiger partial charge in [0.1, 0.15) is 0 Å². The summed E-state index contributed by atoms with van der Waals surface area (Å²) in [7, 11) is 0. The highest BCUT2D eigenvalue weighted by molar-refractivity contribution is 5.80. The molecule has 0 bridgehead atoms. The molecule has 0 unspecified atom stereocenters. The molecule has 2 aromatic carbocycles. The number of tetrazole rings is 1. The summed E-state index contributed by atoms with van der Waals surface area (Å²) in [5.41, 5.74) is 9.34. The quantitative estimate of drug-likeness (QED) is 0.643. The van der Waals surface area contributed by atoms with E-state index in [2.05, 4.69) is 98.2 Å². The summed E-state index contributed by atoms with van der Waals surface area (Å²) in [4.78, 5) is 0. The minimum Gasteiger partial charge on any atom is -0.177 e. The second kappa shape index (κ2) is 6.94. The summed E-state index contributed by atoms with van der Waals surface area (Å²) in [6.07, 6.45) is 3.12. The maximum absolute atomic E-state index is 4.45. The molecule has 0 radical (unpaired) electrons. The molecule has 0 amide bonds. The Morgan fingerprint density at radius 3 is 2.21 bits per heavy atom. The van der Waals surface area contributed by atoms with Crippen LogP contribution in [0.4, 0.5) is 0 Å². The van der Waals surface area contributed by atoms with E-state index in [9.17, 15) is 0 Å². The number of aromatic nitrogens is 4. The molecule has 1 aliphatic carbocycles. The average molecular weight is 387 g/mol. The Kier molecular flexibility index (Phi) is 4.68. The summed E-state index contributed by atoms with van der Waals surface area (Å²) in [5, 5.41) is 14.2. The number of aryl methyl sites for hydroxylation is 1. The van der Waals surface area contributed by atoms with Crippen molar-refractivity contribution < 1.29 is 0 Å². The van der Waals surface area contributed by atoms with Crippen molar-refractivity contribution in [1.82, 2.24) is 20.6 Å². The third kappa shape index (κ3) is 3.64. The van der Waals surface area contributed by atoms with Crippen LogP contribution in [0.1, 0.15) is 79.7 Å². The van der Waals surface area contributed by atoms with Crippen molar-refractivity contribution >= 4 is 5.57 Å². The van der Waals surface area contributed by atoms with Gasteiger partial charge in [0.05, 0.1) is 0 Å². The van der Waals surface area contributed by atoms with Gasteiger partial charge in [-0.1, -0.05) is 75.9 Å². The SMILES string of the molecule is C=C(c1ccc(Cc2nn[nH]n2)cc1)c1cc2c(cc1C)C(C)(C)CCC2(C)C. The predicted octanol–water partition coefficient (Wildman–Crippen LogP) is 5.51. The first-order chi connectivity index (χ1) is 13.7. The van der Waals surface area contributed by atoms with Crippen LogP contribution in [-0.2, 0) is 17.3 Å². The van der Waals surface area contributed by atoms with Crippen LogP contribution in [0.3, 0.4) is 0 Å². The highest BCUT2D eigenvalue weighted by Crippen LogP contribution is 2.47. The highest BCUT2D eigenvalue weighted by Gasteiger charge is 2.37. The fourth-order valence-corrected chi connectivity index (χ4v) is 4.47. The molecule has 0 saturated heterocycles. The molecule has 1 aromatic heterocycles. The van der Waals surface area contributed by atoms with Crippen LogP contribution < -0.4 is 0 Å². The monoisotopic (exact) mass is 386 g/mol. The number of H-pyrrole nitrogens is 1. The van der Waals surface area contributed by atoms with Crippen LogP contribution in [-0.4, -0.2) is 20.6 Å². The summed E-state index contributed by atoms with van der Waals surface area (Å²) >= 11 is 0. The molecule has 4 rings (SSSR count). The molecule has 1 aliphatic rings. The Labute approximate surface area is 173 Å². The van der Waals surface area contributed by atoms with Crippen LogP contribution in [0, 0.1) is 6.92 Å². The van der Waals surface area contributed by atoms with Gasteiger partial charge in [0, 0.05) is 6.42 Å². The van der Waals surface area contributed by atoms with Crippen molar-refractivity contribution in [2.75, 3.05) is 0 Å². The lowest BCUT2D eigenvalue weighted by atomic mass is 9.62. The van der Waals surface area contributed by atoms with Gasteiger partial charge in [0.2, 0.25) is 0 Å². The molecular weight excluding hydrogens is 356 g/mol. The third-order valence-corrected chi connectivity index (χ3v) is 6.58. The molecule has 4 heteroatoms.